The molecule has 1 unspecified atom stereocenters. The Morgan fingerprint density at radius 3 is 2.79 bits per heavy atom. The number of guanidine groups is 1. The Labute approximate surface area is 163 Å². The normalized spacial score (nSPS) is 18.8. The van der Waals surface area contributed by atoms with Crippen LogP contribution in [0.4, 0.5) is 0 Å². The summed E-state index contributed by atoms with van der Waals surface area (Å²) < 4.78 is 5.67. The van der Waals surface area contributed by atoms with Crippen LogP contribution in [0, 0.1) is 5.92 Å². The molecule has 1 saturated heterocycles. The van der Waals surface area contributed by atoms with E-state index in [0.29, 0.717) is 19.1 Å². The van der Waals surface area contributed by atoms with E-state index in [1.54, 1.807) is 0 Å². The number of hydrogen-bond acceptors (Lipinski definition) is 3. The van der Waals surface area contributed by atoms with Gasteiger partial charge in [0.15, 0.2) is 5.96 Å². The lowest BCUT2D eigenvalue weighted by Crippen LogP contribution is -2.44. The Morgan fingerprint density at radius 2 is 2.08 bits per heavy atom. The number of hydrogen-bond donors (Lipinski definition) is 2. The van der Waals surface area contributed by atoms with E-state index in [2.05, 4.69) is 39.7 Å². The molecular formula is C18H31IN4O. The zero-order valence-corrected chi connectivity index (χ0v) is 17.2. The summed E-state index contributed by atoms with van der Waals surface area (Å²) in [6, 6.07) is 10.2. The van der Waals surface area contributed by atoms with Crippen LogP contribution in [0.1, 0.15) is 18.4 Å². The summed E-state index contributed by atoms with van der Waals surface area (Å²) in [6.45, 7) is 5.46. The largest absolute Gasteiger partial charge is 0.375 e. The maximum absolute atomic E-state index is 5.67. The predicted molar refractivity (Wildman–Crippen MR) is 111 cm³/mol. The van der Waals surface area contributed by atoms with Crippen molar-refractivity contribution in [1.29, 1.82) is 0 Å². The minimum Gasteiger partial charge on any atom is -0.375 e. The van der Waals surface area contributed by atoms with Gasteiger partial charge in [0, 0.05) is 26.7 Å². The molecule has 2 N–H and O–H groups in total. The van der Waals surface area contributed by atoms with Gasteiger partial charge in [-0.25, -0.2) is 0 Å². The van der Waals surface area contributed by atoms with Gasteiger partial charge < -0.3 is 20.3 Å². The lowest BCUT2D eigenvalue weighted by atomic mass is 9.99. The van der Waals surface area contributed by atoms with E-state index in [-0.39, 0.29) is 24.0 Å². The Balaban J connectivity index is 0.00000288. The second kappa shape index (κ2) is 12.5. The molecule has 1 atom stereocenters. The molecule has 0 saturated carbocycles. The standard InChI is InChI=1S/C18H30N4O.HI/c1-19-18(21-13-17-9-6-11-22(2)14-17)20-10-12-23-15-16-7-4-3-5-8-16;/h3-5,7-8,17H,6,9-15H2,1-2H3,(H2,19,20,21);1H. The monoisotopic (exact) mass is 446 g/mol. The van der Waals surface area contributed by atoms with Crippen LogP contribution in [0.15, 0.2) is 35.3 Å². The van der Waals surface area contributed by atoms with Gasteiger partial charge in [-0.1, -0.05) is 30.3 Å². The van der Waals surface area contributed by atoms with Crippen LogP contribution >= 0.6 is 24.0 Å². The summed E-state index contributed by atoms with van der Waals surface area (Å²) >= 11 is 0. The van der Waals surface area contributed by atoms with Crippen LogP contribution in [0.2, 0.25) is 0 Å². The van der Waals surface area contributed by atoms with Crippen molar-refractivity contribution in [2.45, 2.75) is 19.4 Å². The first-order chi connectivity index (χ1) is 11.3. The summed E-state index contributed by atoms with van der Waals surface area (Å²) in [7, 11) is 4.01. The first kappa shape index (κ1) is 21.2. The third-order valence-electron chi connectivity index (χ3n) is 4.15. The number of ether oxygens (including phenoxy) is 1. The number of aliphatic imine (C=N–C) groups is 1. The van der Waals surface area contributed by atoms with Crippen molar-refractivity contribution in [1.82, 2.24) is 15.5 Å². The van der Waals surface area contributed by atoms with E-state index >= 15 is 0 Å². The van der Waals surface area contributed by atoms with Gasteiger partial charge in [-0.15, -0.1) is 24.0 Å². The number of piperidine rings is 1. The van der Waals surface area contributed by atoms with E-state index in [9.17, 15) is 0 Å². The topological polar surface area (TPSA) is 48.9 Å². The molecule has 0 radical (unpaired) electrons. The molecule has 0 bridgehead atoms. The van der Waals surface area contributed by atoms with E-state index in [1.807, 2.05) is 25.2 Å². The van der Waals surface area contributed by atoms with Gasteiger partial charge in [-0.05, 0) is 37.9 Å². The first-order valence-corrected chi connectivity index (χ1v) is 8.52. The molecule has 24 heavy (non-hydrogen) atoms. The smallest absolute Gasteiger partial charge is 0.191 e. The van der Waals surface area contributed by atoms with Crippen LogP contribution in [0.25, 0.3) is 0 Å². The Hall–Kier alpha value is -0.860. The molecule has 0 spiro atoms. The summed E-state index contributed by atoms with van der Waals surface area (Å²) in [5.41, 5.74) is 1.21. The molecule has 1 heterocycles. The number of benzene rings is 1. The van der Waals surface area contributed by atoms with Crippen molar-refractivity contribution in [3.05, 3.63) is 35.9 Å². The highest BCUT2D eigenvalue weighted by molar-refractivity contribution is 14.0. The zero-order chi connectivity index (χ0) is 16.3. The molecule has 1 aromatic rings. The summed E-state index contributed by atoms with van der Waals surface area (Å²) in [5, 5.41) is 6.73. The van der Waals surface area contributed by atoms with Gasteiger partial charge in [0.1, 0.15) is 0 Å². The first-order valence-electron chi connectivity index (χ1n) is 8.52. The van der Waals surface area contributed by atoms with Crippen LogP contribution < -0.4 is 10.6 Å². The molecule has 1 fully saturated rings. The molecule has 6 heteroatoms. The summed E-state index contributed by atoms with van der Waals surface area (Å²) in [6.07, 6.45) is 2.59. The molecule has 0 aliphatic carbocycles. The minimum atomic E-state index is 0. The van der Waals surface area contributed by atoms with E-state index in [4.69, 9.17) is 4.74 Å². The van der Waals surface area contributed by atoms with Crippen LogP contribution in [-0.4, -0.2) is 57.7 Å². The average molecular weight is 446 g/mol. The van der Waals surface area contributed by atoms with E-state index < -0.39 is 0 Å². The lowest BCUT2D eigenvalue weighted by molar-refractivity contribution is 0.125. The summed E-state index contributed by atoms with van der Waals surface area (Å²) in [4.78, 5) is 6.68. The van der Waals surface area contributed by atoms with Gasteiger partial charge >= 0.3 is 0 Å². The second-order valence-corrected chi connectivity index (χ2v) is 6.19. The molecule has 2 rings (SSSR count). The Bertz CT molecular complexity index is 469. The number of nitrogens with zero attached hydrogens (tertiary/aromatic N) is 2. The number of halogens is 1. The fourth-order valence-corrected chi connectivity index (χ4v) is 2.91. The van der Waals surface area contributed by atoms with Crippen molar-refractivity contribution >= 4 is 29.9 Å². The molecule has 0 aromatic heterocycles. The number of rotatable bonds is 7. The summed E-state index contributed by atoms with van der Waals surface area (Å²) in [5.74, 6) is 1.57. The number of nitrogens with one attached hydrogen (secondary N) is 2. The van der Waals surface area contributed by atoms with E-state index in [0.717, 1.165) is 19.0 Å². The Kier molecular flexibility index (Phi) is 11.0. The highest BCUT2D eigenvalue weighted by Crippen LogP contribution is 2.13. The predicted octanol–water partition coefficient (Wildman–Crippen LogP) is 2.33. The zero-order valence-electron chi connectivity index (χ0n) is 14.8. The van der Waals surface area contributed by atoms with E-state index in [1.165, 1.54) is 31.5 Å². The number of likely N-dealkylation sites (tertiary alicyclic amines) is 1. The molecule has 136 valence electrons. The third kappa shape index (κ3) is 8.30. The molecule has 1 aliphatic rings. The fourth-order valence-electron chi connectivity index (χ4n) is 2.91. The Morgan fingerprint density at radius 1 is 1.29 bits per heavy atom. The van der Waals surface area contributed by atoms with Gasteiger partial charge in [-0.2, -0.15) is 0 Å². The maximum atomic E-state index is 5.67. The van der Waals surface area contributed by atoms with Crippen LogP contribution in [-0.2, 0) is 11.3 Å². The second-order valence-electron chi connectivity index (χ2n) is 6.19. The van der Waals surface area contributed by atoms with Crippen molar-refractivity contribution in [3.63, 3.8) is 0 Å². The van der Waals surface area contributed by atoms with Crippen molar-refractivity contribution in [2.75, 3.05) is 46.9 Å². The SMILES string of the molecule is CN=C(NCCOCc1ccccc1)NCC1CCCN(C)C1.I. The van der Waals surface area contributed by atoms with Gasteiger partial charge in [0.25, 0.3) is 0 Å². The van der Waals surface area contributed by atoms with Crippen LogP contribution in [0.5, 0.6) is 0 Å². The lowest BCUT2D eigenvalue weighted by Gasteiger charge is -2.30. The average Bonchev–Trinajstić information content (AvgIpc) is 2.58. The fraction of sp³-hybridized carbons (Fsp3) is 0.611. The van der Waals surface area contributed by atoms with Gasteiger partial charge in [-0.3, -0.25) is 4.99 Å². The van der Waals surface area contributed by atoms with Crippen molar-refractivity contribution < 1.29 is 4.74 Å². The van der Waals surface area contributed by atoms with Gasteiger partial charge in [0.2, 0.25) is 0 Å². The molecule has 5 nitrogen and oxygen atoms in total. The molecular weight excluding hydrogens is 415 g/mol. The van der Waals surface area contributed by atoms with Gasteiger partial charge in [0.05, 0.1) is 13.2 Å². The molecule has 1 aliphatic heterocycles. The van der Waals surface area contributed by atoms with Crippen molar-refractivity contribution in [3.8, 4) is 0 Å². The van der Waals surface area contributed by atoms with Crippen LogP contribution in [0.3, 0.4) is 0 Å². The van der Waals surface area contributed by atoms with Crippen molar-refractivity contribution in [2.24, 2.45) is 10.9 Å². The highest BCUT2D eigenvalue weighted by atomic mass is 127. The molecule has 1 aromatic carbocycles. The minimum absolute atomic E-state index is 0. The maximum Gasteiger partial charge on any atom is 0.191 e. The quantitative estimate of drug-likeness (QED) is 0.292. The third-order valence-corrected chi connectivity index (χ3v) is 4.15. The molecule has 0 amide bonds. The highest BCUT2D eigenvalue weighted by Gasteiger charge is 2.17.